The number of hydrazine groups is 1. The van der Waals surface area contributed by atoms with Crippen LogP contribution in [0.3, 0.4) is 0 Å². The largest absolute Gasteiger partial charge is 0.494 e. The summed E-state index contributed by atoms with van der Waals surface area (Å²) >= 11 is 1.83. The Morgan fingerprint density at radius 1 is 1.50 bits per heavy atom. The highest BCUT2D eigenvalue weighted by atomic mass is 32.2. The highest BCUT2D eigenvalue weighted by Gasteiger charge is 2.09. The molecule has 1 rings (SSSR count). The minimum Gasteiger partial charge on any atom is -0.494 e. The van der Waals surface area contributed by atoms with Crippen LogP contribution in [0.2, 0.25) is 0 Å². The maximum atomic E-state index is 5.57. The predicted molar refractivity (Wildman–Crippen MR) is 70.7 cm³/mol. The van der Waals surface area contributed by atoms with Crippen LogP contribution in [0.4, 0.5) is 0 Å². The molecule has 90 valence electrons. The van der Waals surface area contributed by atoms with E-state index in [-0.39, 0.29) is 6.04 Å². The Kier molecular flexibility index (Phi) is 6.30. The summed E-state index contributed by atoms with van der Waals surface area (Å²) in [6.45, 7) is 2.67. The second kappa shape index (κ2) is 7.54. The van der Waals surface area contributed by atoms with Crippen molar-refractivity contribution in [1.29, 1.82) is 0 Å². The smallest absolute Gasteiger partial charge is 0.119 e. The summed E-state index contributed by atoms with van der Waals surface area (Å²) < 4.78 is 5.47. The number of ether oxygens (including phenoxy) is 1. The normalized spacial score (nSPS) is 12.4. The Morgan fingerprint density at radius 2 is 2.31 bits per heavy atom. The first-order chi connectivity index (χ1) is 7.81. The van der Waals surface area contributed by atoms with Crippen LogP contribution in [0.25, 0.3) is 0 Å². The molecule has 0 spiro atoms. The number of benzene rings is 1. The van der Waals surface area contributed by atoms with Crippen molar-refractivity contribution in [1.82, 2.24) is 5.43 Å². The monoisotopic (exact) mass is 240 g/mol. The fraction of sp³-hybridized carbons (Fsp3) is 0.500. The molecule has 0 saturated heterocycles. The molecule has 0 heterocycles. The Morgan fingerprint density at radius 3 is 2.94 bits per heavy atom. The van der Waals surface area contributed by atoms with Crippen LogP contribution in [-0.2, 0) is 0 Å². The van der Waals surface area contributed by atoms with E-state index in [1.165, 1.54) is 5.56 Å². The lowest BCUT2D eigenvalue weighted by atomic mass is 10.1. The fourth-order valence-corrected chi connectivity index (χ4v) is 2.04. The molecule has 0 aliphatic rings. The van der Waals surface area contributed by atoms with Crippen molar-refractivity contribution < 1.29 is 4.74 Å². The van der Waals surface area contributed by atoms with Gasteiger partial charge in [0.15, 0.2) is 0 Å². The van der Waals surface area contributed by atoms with Gasteiger partial charge < -0.3 is 4.74 Å². The predicted octanol–water partition coefficient (Wildman–Crippen LogP) is 2.34. The van der Waals surface area contributed by atoms with Crippen LogP contribution in [0, 0.1) is 0 Å². The van der Waals surface area contributed by atoms with Gasteiger partial charge in [0.2, 0.25) is 0 Å². The maximum absolute atomic E-state index is 5.57. The molecular formula is C12H20N2OS. The van der Waals surface area contributed by atoms with E-state index in [1.807, 2.05) is 36.9 Å². The summed E-state index contributed by atoms with van der Waals surface area (Å²) in [5, 5.41) is 0. The van der Waals surface area contributed by atoms with Gasteiger partial charge in [0, 0.05) is 6.04 Å². The van der Waals surface area contributed by atoms with E-state index < -0.39 is 0 Å². The standard InChI is InChI=1S/C12H20N2OS/c1-3-15-11-6-4-5-10(9-11)12(14-13)7-8-16-2/h4-6,9,12,14H,3,7-8,13H2,1-2H3. The molecule has 0 aliphatic carbocycles. The van der Waals surface area contributed by atoms with Gasteiger partial charge in [0.05, 0.1) is 6.61 Å². The summed E-state index contributed by atoms with van der Waals surface area (Å²) in [4.78, 5) is 0. The molecule has 3 nitrogen and oxygen atoms in total. The van der Waals surface area contributed by atoms with Crippen molar-refractivity contribution in [3.8, 4) is 5.75 Å². The molecule has 1 aromatic carbocycles. The van der Waals surface area contributed by atoms with E-state index in [9.17, 15) is 0 Å². The van der Waals surface area contributed by atoms with E-state index in [2.05, 4.69) is 17.7 Å². The van der Waals surface area contributed by atoms with Gasteiger partial charge in [-0.3, -0.25) is 11.3 Å². The lowest BCUT2D eigenvalue weighted by molar-refractivity contribution is 0.339. The molecule has 0 aliphatic heterocycles. The van der Waals surface area contributed by atoms with Crippen molar-refractivity contribution in [3.05, 3.63) is 29.8 Å². The van der Waals surface area contributed by atoms with Gasteiger partial charge in [-0.25, -0.2) is 0 Å². The molecule has 0 bridgehead atoms. The summed E-state index contributed by atoms with van der Waals surface area (Å²) in [6.07, 6.45) is 3.12. The molecule has 0 amide bonds. The quantitative estimate of drug-likeness (QED) is 0.567. The average Bonchev–Trinajstić information content (AvgIpc) is 2.31. The van der Waals surface area contributed by atoms with Crippen LogP contribution in [-0.4, -0.2) is 18.6 Å². The molecule has 3 N–H and O–H groups in total. The average molecular weight is 240 g/mol. The number of hydrogen-bond acceptors (Lipinski definition) is 4. The van der Waals surface area contributed by atoms with Gasteiger partial charge in [-0.2, -0.15) is 11.8 Å². The summed E-state index contributed by atoms with van der Waals surface area (Å²) in [6, 6.07) is 8.30. The molecular weight excluding hydrogens is 220 g/mol. The highest BCUT2D eigenvalue weighted by Crippen LogP contribution is 2.22. The molecule has 0 radical (unpaired) electrons. The summed E-state index contributed by atoms with van der Waals surface area (Å²) in [5.74, 6) is 7.57. The number of thioether (sulfide) groups is 1. The number of nitrogens with one attached hydrogen (secondary N) is 1. The van der Waals surface area contributed by atoms with Crippen molar-refractivity contribution in [2.24, 2.45) is 5.84 Å². The first kappa shape index (κ1) is 13.4. The van der Waals surface area contributed by atoms with Crippen LogP contribution in [0.1, 0.15) is 24.9 Å². The third kappa shape index (κ3) is 4.04. The Labute approximate surface area is 102 Å². The van der Waals surface area contributed by atoms with E-state index in [0.717, 1.165) is 17.9 Å². The zero-order valence-corrected chi connectivity index (χ0v) is 10.7. The summed E-state index contributed by atoms with van der Waals surface area (Å²) in [5.41, 5.74) is 4.04. The van der Waals surface area contributed by atoms with Gasteiger partial charge in [-0.05, 0) is 43.0 Å². The highest BCUT2D eigenvalue weighted by molar-refractivity contribution is 7.98. The molecule has 0 aromatic heterocycles. The van der Waals surface area contributed by atoms with Crippen LogP contribution < -0.4 is 16.0 Å². The second-order valence-electron chi connectivity index (χ2n) is 3.51. The van der Waals surface area contributed by atoms with Crippen molar-refractivity contribution in [3.63, 3.8) is 0 Å². The van der Waals surface area contributed by atoms with E-state index in [4.69, 9.17) is 10.6 Å². The minimum atomic E-state index is 0.202. The van der Waals surface area contributed by atoms with Gasteiger partial charge in [-0.15, -0.1) is 0 Å². The van der Waals surface area contributed by atoms with Gasteiger partial charge >= 0.3 is 0 Å². The molecule has 0 saturated carbocycles. The molecule has 1 aromatic rings. The lowest BCUT2D eigenvalue weighted by Gasteiger charge is -2.16. The third-order valence-corrected chi connectivity index (χ3v) is 3.03. The molecule has 1 unspecified atom stereocenters. The van der Waals surface area contributed by atoms with E-state index >= 15 is 0 Å². The Bertz CT molecular complexity index is 307. The molecule has 1 atom stereocenters. The van der Waals surface area contributed by atoms with Gasteiger partial charge in [0.1, 0.15) is 5.75 Å². The zero-order chi connectivity index (χ0) is 11.8. The molecule has 0 fully saturated rings. The van der Waals surface area contributed by atoms with Crippen LogP contribution >= 0.6 is 11.8 Å². The molecule has 16 heavy (non-hydrogen) atoms. The van der Waals surface area contributed by atoms with Crippen molar-refractivity contribution in [2.75, 3.05) is 18.6 Å². The first-order valence-corrected chi connectivity index (χ1v) is 6.89. The first-order valence-electron chi connectivity index (χ1n) is 5.49. The Balaban J connectivity index is 2.71. The van der Waals surface area contributed by atoms with Crippen molar-refractivity contribution >= 4 is 11.8 Å². The number of rotatable bonds is 7. The Hall–Kier alpha value is -0.710. The fourth-order valence-electron chi connectivity index (χ4n) is 1.57. The lowest BCUT2D eigenvalue weighted by Crippen LogP contribution is -2.28. The third-order valence-electron chi connectivity index (χ3n) is 2.38. The van der Waals surface area contributed by atoms with E-state index in [0.29, 0.717) is 6.61 Å². The van der Waals surface area contributed by atoms with Crippen LogP contribution in [0.5, 0.6) is 5.75 Å². The second-order valence-corrected chi connectivity index (χ2v) is 4.49. The van der Waals surface area contributed by atoms with Gasteiger partial charge in [0.25, 0.3) is 0 Å². The minimum absolute atomic E-state index is 0.202. The van der Waals surface area contributed by atoms with Gasteiger partial charge in [-0.1, -0.05) is 12.1 Å². The number of nitrogens with two attached hydrogens (primary N) is 1. The topological polar surface area (TPSA) is 47.3 Å². The van der Waals surface area contributed by atoms with Crippen LogP contribution in [0.15, 0.2) is 24.3 Å². The number of hydrogen-bond donors (Lipinski definition) is 2. The van der Waals surface area contributed by atoms with E-state index in [1.54, 1.807) is 0 Å². The molecule has 4 heteroatoms. The summed E-state index contributed by atoms with van der Waals surface area (Å²) in [7, 11) is 0. The van der Waals surface area contributed by atoms with Crippen molar-refractivity contribution in [2.45, 2.75) is 19.4 Å². The maximum Gasteiger partial charge on any atom is 0.119 e. The zero-order valence-electron chi connectivity index (χ0n) is 9.90. The SMILES string of the molecule is CCOc1cccc(C(CCSC)NN)c1.